The van der Waals surface area contributed by atoms with Crippen LogP contribution in [-0.4, -0.2) is 24.6 Å². The van der Waals surface area contributed by atoms with Crippen LogP contribution in [0.1, 0.15) is 18.4 Å². The highest BCUT2D eigenvalue weighted by Gasteiger charge is 2.12. The lowest BCUT2D eigenvalue weighted by molar-refractivity contribution is 0.392. The maximum atomic E-state index is 4.29. The van der Waals surface area contributed by atoms with Crippen molar-refractivity contribution in [2.75, 3.05) is 25.0 Å². The first-order chi connectivity index (χ1) is 7.34. The van der Waals surface area contributed by atoms with Gasteiger partial charge in [-0.3, -0.25) is 0 Å². The van der Waals surface area contributed by atoms with Gasteiger partial charge in [-0.15, -0.1) is 0 Å². The van der Waals surface area contributed by atoms with Crippen molar-refractivity contribution < 1.29 is 0 Å². The molecule has 15 heavy (non-hydrogen) atoms. The smallest absolute Gasteiger partial charge is 0.126 e. The quantitative estimate of drug-likeness (QED) is 0.790. The van der Waals surface area contributed by atoms with Gasteiger partial charge in [0.1, 0.15) is 5.82 Å². The second-order valence-corrected chi connectivity index (χ2v) is 4.31. The van der Waals surface area contributed by atoms with Crippen LogP contribution in [0, 0.1) is 12.8 Å². The largest absolute Gasteiger partial charge is 0.370 e. The van der Waals surface area contributed by atoms with Crippen molar-refractivity contribution in [2.45, 2.75) is 19.8 Å². The van der Waals surface area contributed by atoms with Gasteiger partial charge in [-0.25, -0.2) is 4.98 Å². The third-order valence-corrected chi connectivity index (χ3v) is 2.89. The zero-order chi connectivity index (χ0) is 10.5. The standard InChI is InChI=1S/C12H19N3/c1-10-4-6-14-12(7-10)15-9-11-3-2-5-13-8-11/h4,6-7,11,13H,2-3,5,8-9H2,1H3,(H,14,15)/t11-/m1/s1. The number of hydrogen-bond donors (Lipinski definition) is 2. The summed E-state index contributed by atoms with van der Waals surface area (Å²) in [6.07, 6.45) is 4.48. The highest BCUT2D eigenvalue weighted by molar-refractivity contribution is 5.36. The molecule has 1 aromatic heterocycles. The van der Waals surface area contributed by atoms with Gasteiger partial charge in [0, 0.05) is 12.7 Å². The van der Waals surface area contributed by atoms with Crippen molar-refractivity contribution in [1.82, 2.24) is 10.3 Å². The van der Waals surface area contributed by atoms with Gasteiger partial charge in [0.2, 0.25) is 0 Å². The topological polar surface area (TPSA) is 37.0 Å². The molecule has 3 heteroatoms. The SMILES string of the molecule is Cc1ccnc(NC[C@@H]2CCCNC2)c1. The molecule has 0 unspecified atom stereocenters. The van der Waals surface area contributed by atoms with Gasteiger partial charge in [0.05, 0.1) is 0 Å². The van der Waals surface area contributed by atoms with Crippen molar-refractivity contribution in [3.63, 3.8) is 0 Å². The van der Waals surface area contributed by atoms with Gasteiger partial charge >= 0.3 is 0 Å². The number of pyridine rings is 1. The Labute approximate surface area is 91.3 Å². The summed E-state index contributed by atoms with van der Waals surface area (Å²) in [5.74, 6) is 1.75. The zero-order valence-corrected chi connectivity index (χ0v) is 9.29. The van der Waals surface area contributed by atoms with E-state index in [-0.39, 0.29) is 0 Å². The number of aryl methyl sites for hydroxylation is 1. The normalized spacial score (nSPS) is 21.3. The van der Waals surface area contributed by atoms with E-state index >= 15 is 0 Å². The molecule has 2 rings (SSSR count). The second kappa shape index (κ2) is 5.12. The molecule has 3 nitrogen and oxygen atoms in total. The summed E-state index contributed by atoms with van der Waals surface area (Å²) in [5, 5.41) is 6.83. The number of piperidine rings is 1. The van der Waals surface area contributed by atoms with Crippen LogP contribution < -0.4 is 10.6 Å². The molecule has 1 aromatic rings. The molecule has 0 bridgehead atoms. The Morgan fingerprint density at radius 1 is 1.60 bits per heavy atom. The van der Waals surface area contributed by atoms with Crippen LogP contribution in [0.2, 0.25) is 0 Å². The molecular weight excluding hydrogens is 186 g/mol. The zero-order valence-electron chi connectivity index (χ0n) is 9.29. The van der Waals surface area contributed by atoms with Crippen LogP contribution in [0.5, 0.6) is 0 Å². The maximum Gasteiger partial charge on any atom is 0.126 e. The fourth-order valence-electron chi connectivity index (χ4n) is 1.98. The third kappa shape index (κ3) is 3.20. The average Bonchev–Trinajstić information content (AvgIpc) is 2.28. The van der Waals surface area contributed by atoms with Gasteiger partial charge in [0.15, 0.2) is 0 Å². The Kier molecular flexibility index (Phi) is 3.56. The number of nitrogens with one attached hydrogen (secondary N) is 2. The van der Waals surface area contributed by atoms with E-state index in [0.29, 0.717) is 0 Å². The van der Waals surface area contributed by atoms with Crippen molar-refractivity contribution in [1.29, 1.82) is 0 Å². The summed E-state index contributed by atoms with van der Waals surface area (Å²) in [7, 11) is 0. The van der Waals surface area contributed by atoms with E-state index in [0.717, 1.165) is 24.8 Å². The lowest BCUT2D eigenvalue weighted by atomic mass is 10.00. The van der Waals surface area contributed by atoms with Gasteiger partial charge in [-0.1, -0.05) is 0 Å². The molecule has 0 saturated carbocycles. The molecule has 0 spiro atoms. The van der Waals surface area contributed by atoms with Crippen LogP contribution >= 0.6 is 0 Å². The molecule has 1 aliphatic rings. The molecule has 1 aliphatic heterocycles. The van der Waals surface area contributed by atoms with Crippen LogP contribution in [0.25, 0.3) is 0 Å². The Morgan fingerprint density at radius 3 is 3.27 bits per heavy atom. The summed E-state index contributed by atoms with van der Waals surface area (Å²) in [4.78, 5) is 4.29. The van der Waals surface area contributed by atoms with Gasteiger partial charge in [0.25, 0.3) is 0 Å². The van der Waals surface area contributed by atoms with Gasteiger partial charge in [-0.05, 0) is 56.5 Å². The lowest BCUT2D eigenvalue weighted by Gasteiger charge is -2.23. The highest BCUT2D eigenvalue weighted by Crippen LogP contribution is 2.11. The number of hydrogen-bond acceptors (Lipinski definition) is 3. The van der Waals surface area contributed by atoms with Gasteiger partial charge < -0.3 is 10.6 Å². The first-order valence-corrected chi connectivity index (χ1v) is 5.72. The molecule has 1 fully saturated rings. The highest BCUT2D eigenvalue weighted by atomic mass is 15.0. The third-order valence-electron chi connectivity index (χ3n) is 2.89. The van der Waals surface area contributed by atoms with E-state index in [1.807, 2.05) is 12.3 Å². The monoisotopic (exact) mass is 205 g/mol. The van der Waals surface area contributed by atoms with Crippen molar-refractivity contribution >= 4 is 5.82 Å². The van der Waals surface area contributed by atoms with Crippen LogP contribution in [-0.2, 0) is 0 Å². The molecule has 82 valence electrons. The van der Waals surface area contributed by atoms with E-state index in [9.17, 15) is 0 Å². The summed E-state index contributed by atoms with van der Waals surface area (Å²) in [5.41, 5.74) is 1.26. The fourth-order valence-corrected chi connectivity index (χ4v) is 1.98. The molecule has 1 atom stereocenters. The average molecular weight is 205 g/mol. The van der Waals surface area contributed by atoms with E-state index in [2.05, 4.69) is 28.6 Å². The maximum absolute atomic E-state index is 4.29. The number of aromatic nitrogens is 1. The van der Waals surface area contributed by atoms with E-state index in [1.165, 1.54) is 24.9 Å². The van der Waals surface area contributed by atoms with E-state index in [1.54, 1.807) is 0 Å². The number of anilines is 1. The number of nitrogens with zero attached hydrogens (tertiary/aromatic N) is 1. The van der Waals surface area contributed by atoms with Crippen molar-refractivity contribution in [2.24, 2.45) is 5.92 Å². The van der Waals surface area contributed by atoms with Crippen LogP contribution in [0.3, 0.4) is 0 Å². The van der Waals surface area contributed by atoms with E-state index in [4.69, 9.17) is 0 Å². The Hall–Kier alpha value is -1.09. The van der Waals surface area contributed by atoms with Crippen LogP contribution in [0.15, 0.2) is 18.3 Å². The molecule has 2 heterocycles. The minimum absolute atomic E-state index is 0.751. The number of rotatable bonds is 3. The Morgan fingerprint density at radius 2 is 2.53 bits per heavy atom. The van der Waals surface area contributed by atoms with E-state index < -0.39 is 0 Å². The lowest BCUT2D eigenvalue weighted by Crippen LogP contribution is -2.33. The summed E-state index contributed by atoms with van der Waals surface area (Å²) < 4.78 is 0. The molecule has 0 aliphatic carbocycles. The van der Waals surface area contributed by atoms with Crippen LogP contribution in [0.4, 0.5) is 5.82 Å². The summed E-state index contributed by atoms with van der Waals surface area (Å²) >= 11 is 0. The molecule has 1 saturated heterocycles. The second-order valence-electron chi connectivity index (χ2n) is 4.31. The van der Waals surface area contributed by atoms with Gasteiger partial charge in [-0.2, -0.15) is 0 Å². The summed E-state index contributed by atoms with van der Waals surface area (Å²) in [6, 6.07) is 4.11. The first-order valence-electron chi connectivity index (χ1n) is 5.72. The molecule has 0 aromatic carbocycles. The minimum Gasteiger partial charge on any atom is -0.370 e. The van der Waals surface area contributed by atoms with Crippen molar-refractivity contribution in [3.8, 4) is 0 Å². The predicted octanol–water partition coefficient (Wildman–Crippen LogP) is 1.80. The predicted molar refractivity (Wildman–Crippen MR) is 63.1 cm³/mol. The fraction of sp³-hybridized carbons (Fsp3) is 0.583. The molecule has 2 N–H and O–H groups in total. The Balaban J connectivity index is 1.81. The first kappa shape index (κ1) is 10.4. The molecular formula is C12H19N3. The minimum atomic E-state index is 0.751. The molecule has 0 radical (unpaired) electrons. The molecule has 0 amide bonds. The summed E-state index contributed by atoms with van der Waals surface area (Å²) in [6.45, 7) is 5.44. The van der Waals surface area contributed by atoms with Crippen molar-refractivity contribution in [3.05, 3.63) is 23.9 Å². The Bertz CT molecular complexity index is 305.